The number of nitrogens with one attached hydrogen (secondary N) is 1. The predicted molar refractivity (Wildman–Crippen MR) is 103 cm³/mol. The van der Waals surface area contributed by atoms with E-state index in [-0.39, 0.29) is 0 Å². The van der Waals surface area contributed by atoms with Crippen molar-refractivity contribution < 1.29 is 14.2 Å². The van der Waals surface area contributed by atoms with Crippen LogP contribution < -0.4 is 19.5 Å². The molecule has 0 aliphatic rings. The van der Waals surface area contributed by atoms with E-state index < -0.39 is 0 Å². The summed E-state index contributed by atoms with van der Waals surface area (Å²) in [5, 5.41) is 3.43. The molecule has 25 heavy (non-hydrogen) atoms. The summed E-state index contributed by atoms with van der Waals surface area (Å²) in [6.07, 6.45) is 2.61. The average molecular weight is 341 g/mol. The first kappa shape index (κ1) is 18.7. The van der Waals surface area contributed by atoms with Gasteiger partial charge in [-0.2, -0.15) is 0 Å². The summed E-state index contributed by atoms with van der Waals surface area (Å²) in [6.45, 7) is 9.74. The molecule has 0 saturated carbocycles. The molecule has 0 aliphatic carbocycles. The zero-order chi connectivity index (χ0) is 18.1. The summed E-state index contributed by atoms with van der Waals surface area (Å²) in [7, 11) is 1.67. The van der Waals surface area contributed by atoms with Crippen LogP contribution in [0.15, 0.2) is 49.1 Å². The quantitative estimate of drug-likeness (QED) is 0.628. The first-order chi connectivity index (χ1) is 12.2. The third-order valence-corrected chi connectivity index (χ3v) is 3.72. The van der Waals surface area contributed by atoms with Gasteiger partial charge in [-0.15, -0.1) is 6.58 Å². The second kappa shape index (κ2) is 9.62. The summed E-state index contributed by atoms with van der Waals surface area (Å²) >= 11 is 0. The molecule has 0 aromatic heterocycles. The van der Waals surface area contributed by atoms with E-state index in [0.29, 0.717) is 19.8 Å². The van der Waals surface area contributed by atoms with Gasteiger partial charge in [-0.1, -0.05) is 6.08 Å². The van der Waals surface area contributed by atoms with E-state index >= 15 is 0 Å². The van der Waals surface area contributed by atoms with Gasteiger partial charge in [0, 0.05) is 17.8 Å². The van der Waals surface area contributed by atoms with Crippen LogP contribution in [0.25, 0.3) is 0 Å². The van der Waals surface area contributed by atoms with E-state index in [1.165, 1.54) is 0 Å². The topological polar surface area (TPSA) is 39.7 Å². The van der Waals surface area contributed by atoms with Crippen LogP contribution in [0.5, 0.6) is 17.2 Å². The molecule has 1 N–H and O–H groups in total. The largest absolute Gasteiger partial charge is 0.494 e. The maximum atomic E-state index is 5.75. The number of methoxy groups -OCH3 is 1. The first-order valence-corrected chi connectivity index (χ1v) is 8.62. The van der Waals surface area contributed by atoms with Crippen LogP contribution in [0.1, 0.15) is 25.0 Å². The van der Waals surface area contributed by atoms with Gasteiger partial charge in [0.15, 0.2) is 11.5 Å². The van der Waals surface area contributed by atoms with Gasteiger partial charge in [0.25, 0.3) is 0 Å². The highest BCUT2D eigenvalue weighted by Gasteiger charge is 2.12. The number of rotatable bonds is 10. The van der Waals surface area contributed by atoms with Crippen molar-refractivity contribution >= 4 is 5.69 Å². The second-order valence-corrected chi connectivity index (χ2v) is 5.52. The Balaban J connectivity index is 2.16. The minimum absolute atomic E-state index is 0.597. The number of anilines is 1. The zero-order valence-corrected chi connectivity index (χ0v) is 15.3. The van der Waals surface area contributed by atoms with Crippen molar-refractivity contribution in [3.63, 3.8) is 0 Å². The van der Waals surface area contributed by atoms with Crippen molar-refractivity contribution in [2.45, 2.75) is 26.8 Å². The van der Waals surface area contributed by atoms with Gasteiger partial charge < -0.3 is 19.5 Å². The van der Waals surface area contributed by atoms with Crippen molar-refractivity contribution in [3.05, 3.63) is 60.2 Å². The predicted octanol–water partition coefficient (Wildman–Crippen LogP) is 4.83. The monoisotopic (exact) mass is 341 g/mol. The molecule has 0 heterocycles. The summed E-state index contributed by atoms with van der Waals surface area (Å²) < 4.78 is 16.7. The van der Waals surface area contributed by atoms with Crippen LogP contribution in [0, 0.1) is 0 Å². The van der Waals surface area contributed by atoms with Gasteiger partial charge in [-0.25, -0.2) is 0 Å². The van der Waals surface area contributed by atoms with Crippen LogP contribution in [0.2, 0.25) is 0 Å². The van der Waals surface area contributed by atoms with Gasteiger partial charge in [-0.05, 0) is 62.2 Å². The second-order valence-electron chi connectivity index (χ2n) is 5.52. The average Bonchev–Trinajstić information content (AvgIpc) is 2.62. The van der Waals surface area contributed by atoms with Crippen molar-refractivity contribution in [2.75, 3.05) is 25.6 Å². The molecule has 0 bridgehead atoms. The molecule has 2 rings (SSSR count). The number of allylic oxidation sites excluding steroid dienone is 1. The Morgan fingerprint density at radius 3 is 2.36 bits per heavy atom. The number of hydrogen-bond acceptors (Lipinski definition) is 4. The van der Waals surface area contributed by atoms with Crippen molar-refractivity contribution in [3.8, 4) is 17.2 Å². The molecule has 0 atom stereocenters. The summed E-state index contributed by atoms with van der Waals surface area (Å²) in [6, 6.07) is 12.1. The fourth-order valence-corrected chi connectivity index (χ4v) is 2.67. The van der Waals surface area contributed by atoms with Gasteiger partial charge >= 0.3 is 0 Å². The number of benzene rings is 2. The van der Waals surface area contributed by atoms with Crippen LogP contribution >= 0.6 is 0 Å². The highest BCUT2D eigenvalue weighted by molar-refractivity contribution is 5.52. The lowest BCUT2D eigenvalue weighted by Crippen LogP contribution is -2.04. The van der Waals surface area contributed by atoms with Gasteiger partial charge in [0.1, 0.15) is 5.75 Å². The van der Waals surface area contributed by atoms with Crippen LogP contribution in [-0.4, -0.2) is 20.3 Å². The lowest BCUT2D eigenvalue weighted by atomic mass is 10.1. The molecule has 0 unspecified atom stereocenters. The van der Waals surface area contributed by atoms with E-state index in [4.69, 9.17) is 14.2 Å². The minimum atomic E-state index is 0.597. The Labute approximate surface area is 150 Å². The Kier molecular flexibility index (Phi) is 7.20. The maximum Gasteiger partial charge on any atom is 0.164 e. The molecule has 0 saturated heterocycles. The van der Waals surface area contributed by atoms with Gasteiger partial charge in [0.05, 0.1) is 20.3 Å². The molecule has 134 valence electrons. The summed E-state index contributed by atoms with van der Waals surface area (Å²) in [5.74, 6) is 2.43. The Bertz CT molecular complexity index is 680. The molecule has 0 radical (unpaired) electrons. The van der Waals surface area contributed by atoms with E-state index in [0.717, 1.165) is 40.5 Å². The van der Waals surface area contributed by atoms with E-state index in [1.807, 2.05) is 50.3 Å². The van der Waals surface area contributed by atoms with E-state index in [1.54, 1.807) is 7.11 Å². The van der Waals surface area contributed by atoms with E-state index in [2.05, 4.69) is 18.0 Å². The molecule has 2 aromatic rings. The number of hydrogen-bond donors (Lipinski definition) is 1. The molecule has 0 spiro atoms. The minimum Gasteiger partial charge on any atom is -0.494 e. The standard InChI is InChI=1S/C21H27NO3/c1-5-8-17-13-16(14-20(25-7-3)21(17)23-4)15-22-18-9-11-19(12-10-18)24-6-2/h5,9-14,22H,1,6-8,15H2,2-4H3. The fraction of sp³-hybridized carbons (Fsp3) is 0.333. The smallest absolute Gasteiger partial charge is 0.164 e. The third-order valence-electron chi connectivity index (χ3n) is 3.72. The molecular weight excluding hydrogens is 314 g/mol. The summed E-state index contributed by atoms with van der Waals surface area (Å²) in [4.78, 5) is 0. The van der Waals surface area contributed by atoms with E-state index in [9.17, 15) is 0 Å². The molecule has 2 aromatic carbocycles. The first-order valence-electron chi connectivity index (χ1n) is 8.62. The highest BCUT2D eigenvalue weighted by atomic mass is 16.5. The van der Waals surface area contributed by atoms with Gasteiger partial charge in [0.2, 0.25) is 0 Å². The maximum absolute atomic E-state index is 5.75. The normalized spacial score (nSPS) is 10.2. The molecular formula is C21H27NO3. The van der Waals surface area contributed by atoms with Crippen LogP contribution in [0.4, 0.5) is 5.69 Å². The lowest BCUT2D eigenvalue weighted by Gasteiger charge is -2.16. The lowest BCUT2D eigenvalue weighted by molar-refractivity contribution is 0.309. The number of ether oxygens (including phenoxy) is 3. The molecule has 4 nitrogen and oxygen atoms in total. The molecule has 0 amide bonds. The molecule has 0 fully saturated rings. The van der Waals surface area contributed by atoms with Gasteiger partial charge in [-0.3, -0.25) is 0 Å². The molecule has 4 heteroatoms. The SMILES string of the molecule is C=CCc1cc(CNc2ccc(OCC)cc2)cc(OCC)c1OC. The fourth-order valence-electron chi connectivity index (χ4n) is 2.67. The Morgan fingerprint density at radius 1 is 1.04 bits per heavy atom. The van der Waals surface area contributed by atoms with Crippen molar-refractivity contribution in [1.29, 1.82) is 0 Å². The molecule has 0 aliphatic heterocycles. The Morgan fingerprint density at radius 2 is 1.76 bits per heavy atom. The summed E-state index contributed by atoms with van der Waals surface area (Å²) in [5.41, 5.74) is 3.25. The zero-order valence-electron chi connectivity index (χ0n) is 15.3. The van der Waals surface area contributed by atoms with Crippen LogP contribution in [0.3, 0.4) is 0 Å². The Hall–Kier alpha value is -2.62. The highest BCUT2D eigenvalue weighted by Crippen LogP contribution is 2.33. The van der Waals surface area contributed by atoms with Crippen molar-refractivity contribution in [2.24, 2.45) is 0 Å². The van der Waals surface area contributed by atoms with Crippen molar-refractivity contribution in [1.82, 2.24) is 0 Å². The van der Waals surface area contributed by atoms with Crippen LogP contribution in [-0.2, 0) is 13.0 Å². The third kappa shape index (κ3) is 5.18.